The monoisotopic (exact) mass is 862 g/mol. The molecule has 1 unspecified atom stereocenters. The molecule has 10 rings (SSSR count). The molecule has 6 aromatic carbocycles. The van der Waals surface area contributed by atoms with Crippen molar-refractivity contribution in [3.05, 3.63) is 160 Å². The highest BCUT2D eigenvalue weighted by molar-refractivity contribution is 9.10. The average molecular weight is 865 g/mol. The molecule has 3 aliphatic rings. The standard InChI is InChI=1S/C26H29N2O.C20H12Br2O2.ClH/c1-2-20-18-28(17-19-8-4-3-5-9-19)15-13-21(20)16-25(28)26(29)23-12-14-27-24-11-7-6-10-22(23)24;21-13-3-5-15-11(9-13)1-7-17(23)19(15)20-16-6-4-14(22)10-12(16)2-8-18(20)24;/h2-12,14,20-21,25-26,29H,1,13,15-18H2;1-10,23-24H;1H/q+1;;/p-1/t20-,21-,25-,26+,28?;;/m0../s1. The summed E-state index contributed by atoms with van der Waals surface area (Å²) in [6, 6.07) is 40.0. The van der Waals surface area contributed by atoms with Gasteiger partial charge in [0.05, 0.1) is 18.6 Å². The van der Waals surface area contributed by atoms with Gasteiger partial charge in [-0.25, -0.2) is 0 Å². The number of halogens is 3. The van der Waals surface area contributed by atoms with Gasteiger partial charge in [0.2, 0.25) is 0 Å². The molecule has 3 fully saturated rings. The van der Waals surface area contributed by atoms with E-state index in [9.17, 15) is 15.3 Å². The second kappa shape index (κ2) is 15.9. The summed E-state index contributed by atoms with van der Waals surface area (Å²) in [5.41, 5.74) is 4.62. The van der Waals surface area contributed by atoms with Gasteiger partial charge < -0.3 is 32.2 Å². The Balaban J connectivity index is 0.000000166. The van der Waals surface area contributed by atoms with E-state index < -0.39 is 6.10 Å². The third-order valence-electron chi connectivity index (χ3n) is 11.6. The number of quaternary nitrogens is 1. The molecule has 54 heavy (non-hydrogen) atoms. The normalized spacial score (nSPS) is 20.9. The molecule has 5 nitrogen and oxygen atoms in total. The number of nitrogens with zero attached hydrogens (tertiary/aromatic N) is 2. The van der Waals surface area contributed by atoms with E-state index >= 15 is 0 Å². The first-order valence-electron chi connectivity index (χ1n) is 18.1. The molecule has 2 bridgehead atoms. The highest BCUT2D eigenvalue weighted by Crippen LogP contribution is 2.48. The number of fused-ring (bicyclic) bond motifs is 6. The summed E-state index contributed by atoms with van der Waals surface area (Å²) >= 11 is 6.95. The Morgan fingerprint density at radius 2 is 1.37 bits per heavy atom. The van der Waals surface area contributed by atoms with Crippen LogP contribution in [0.15, 0.2) is 149 Å². The summed E-state index contributed by atoms with van der Waals surface area (Å²) in [5.74, 6) is 1.48. The smallest absolute Gasteiger partial charge is 0.131 e. The van der Waals surface area contributed by atoms with Crippen molar-refractivity contribution < 1.29 is 32.2 Å². The van der Waals surface area contributed by atoms with E-state index in [-0.39, 0.29) is 29.9 Å². The summed E-state index contributed by atoms with van der Waals surface area (Å²) < 4.78 is 2.89. The average Bonchev–Trinajstić information content (AvgIpc) is 3.18. The lowest BCUT2D eigenvalue weighted by molar-refractivity contribution is -0.984. The summed E-state index contributed by atoms with van der Waals surface area (Å²) in [6.07, 6.45) is 5.79. The van der Waals surface area contributed by atoms with Crippen LogP contribution in [0.25, 0.3) is 43.6 Å². The highest BCUT2D eigenvalue weighted by Gasteiger charge is 2.54. The number of phenols is 2. The molecule has 8 heteroatoms. The van der Waals surface area contributed by atoms with E-state index in [1.165, 1.54) is 12.0 Å². The predicted molar refractivity (Wildman–Crippen MR) is 223 cm³/mol. The molecule has 3 N–H and O–H groups in total. The van der Waals surface area contributed by atoms with Crippen LogP contribution in [0.4, 0.5) is 0 Å². The van der Waals surface area contributed by atoms with Crippen LogP contribution >= 0.6 is 31.9 Å². The van der Waals surface area contributed by atoms with Gasteiger partial charge in [0.15, 0.2) is 0 Å². The number of rotatable bonds is 6. The van der Waals surface area contributed by atoms with Gasteiger partial charge in [0, 0.05) is 56.0 Å². The zero-order chi connectivity index (χ0) is 36.7. The number of hydrogen-bond acceptors (Lipinski definition) is 4. The van der Waals surface area contributed by atoms with Crippen LogP contribution in [0.3, 0.4) is 0 Å². The van der Waals surface area contributed by atoms with Crippen molar-refractivity contribution in [1.29, 1.82) is 0 Å². The molecule has 1 aromatic heterocycles. The van der Waals surface area contributed by atoms with Gasteiger partial charge in [-0.15, -0.1) is 6.58 Å². The van der Waals surface area contributed by atoms with Gasteiger partial charge in [-0.3, -0.25) is 4.98 Å². The van der Waals surface area contributed by atoms with Gasteiger partial charge in [0.1, 0.15) is 30.2 Å². The molecule has 3 saturated heterocycles. The first-order chi connectivity index (χ1) is 25.7. The number of aromatic hydroxyl groups is 2. The SMILES string of the molecule is C=C[C@H]1C[N+]2(Cc3ccccc3)CC[C@H]1C[C@H]2[C@H](O)c1ccnc2ccccc12.Oc1ccc2cc(Br)ccc2c1-c1c(O)ccc2cc(Br)ccc12.[Cl-]. The van der Waals surface area contributed by atoms with Crippen LogP contribution in [0, 0.1) is 11.8 Å². The molecule has 0 amide bonds. The number of hydrogen-bond donors (Lipinski definition) is 3. The predicted octanol–water partition coefficient (Wildman–Crippen LogP) is 8.48. The molecule has 7 aromatic rings. The molecule has 5 atom stereocenters. The highest BCUT2D eigenvalue weighted by atomic mass is 79.9. The summed E-state index contributed by atoms with van der Waals surface area (Å²) in [4.78, 5) is 4.50. The third-order valence-corrected chi connectivity index (χ3v) is 12.5. The van der Waals surface area contributed by atoms with Crippen molar-refractivity contribution in [3.63, 3.8) is 0 Å². The molecule has 0 aliphatic carbocycles. The number of aliphatic hydroxyl groups is 1. The number of pyridine rings is 1. The van der Waals surface area contributed by atoms with Crippen LogP contribution in [0.1, 0.15) is 30.1 Å². The van der Waals surface area contributed by atoms with E-state index in [0.29, 0.717) is 23.0 Å². The first-order valence-corrected chi connectivity index (χ1v) is 19.7. The van der Waals surface area contributed by atoms with Gasteiger partial charge in [-0.05, 0) is 81.6 Å². The fourth-order valence-electron chi connectivity index (χ4n) is 9.02. The molecule has 274 valence electrons. The molecule has 3 aliphatic heterocycles. The summed E-state index contributed by atoms with van der Waals surface area (Å²) in [5, 5.41) is 37.6. The molecule has 0 spiro atoms. The van der Waals surface area contributed by atoms with E-state index in [2.05, 4.69) is 85.9 Å². The largest absolute Gasteiger partial charge is 1.00 e. The third kappa shape index (κ3) is 7.16. The fraction of sp³-hybridized carbons (Fsp3) is 0.196. The second-order valence-electron chi connectivity index (χ2n) is 14.5. The Labute approximate surface area is 338 Å². The molecule has 0 saturated carbocycles. The number of benzene rings is 6. The van der Waals surface area contributed by atoms with Crippen molar-refractivity contribution in [1.82, 2.24) is 4.98 Å². The lowest BCUT2D eigenvalue weighted by atomic mass is 9.71. The maximum atomic E-state index is 11.7. The van der Waals surface area contributed by atoms with Gasteiger partial charge in [-0.2, -0.15) is 0 Å². The van der Waals surface area contributed by atoms with Crippen LogP contribution in [-0.4, -0.2) is 43.9 Å². The molecule has 0 radical (unpaired) electrons. The zero-order valence-corrected chi connectivity index (χ0v) is 33.6. The van der Waals surface area contributed by atoms with E-state index in [1.54, 1.807) is 12.1 Å². The van der Waals surface area contributed by atoms with Crippen molar-refractivity contribution in [2.24, 2.45) is 11.8 Å². The molecular weight excluding hydrogens is 824 g/mol. The number of phenolic OH excluding ortho intramolecular Hbond substituents is 2. The van der Waals surface area contributed by atoms with Crippen molar-refractivity contribution in [2.75, 3.05) is 13.1 Å². The van der Waals surface area contributed by atoms with Crippen LogP contribution in [0.2, 0.25) is 0 Å². The van der Waals surface area contributed by atoms with Crippen LogP contribution in [0.5, 0.6) is 11.5 Å². The number of piperidine rings is 3. The lowest BCUT2D eigenvalue weighted by Gasteiger charge is -2.58. The first kappa shape index (κ1) is 38.1. The summed E-state index contributed by atoms with van der Waals surface area (Å²) in [7, 11) is 0. The maximum Gasteiger partial charge on any atom is 0.131 e. The minimum atomic E-state index is -0.486. The Morgan fingerprint density at radius 3 is 2.00 bits per heavy atom. The topological polar surface area (TPSA) is 73.6 Å². The number of aromatic nitrogens is 1. The van der Waals surface area contributed by atoms with Crippen molar-refractivity contribution >= 4 is 64.3 Å². The van der Waals surface area contributed by atoms with E-state index in [0.717, 1.165) is 77.5 Å². The van der Waals surface area contributed by atoms with Gasteiger partial charge >= 0.3 is 0 Å². The Kier molecular flexibility index (Phi) is 11.2. The lowest BCUT2D eigenvalue weighted by Crippen LogP contribution is -3.00. The van der Waals surface area contributed by atoms with E-state index in [1.807, 2.05) is 79.0 Å². The van der Waals surface area contributed by atoms with Crippen LogP contribution < -0.4 is 12.4 Å². The van der Waals surface area contributed by atoms with Crippen molar-refractivity contribution in [2.45, 2.75) is 31.5 Å². The van der Waals surface area contributed by atoms with Gasteiger partial charge in [-0.1, -0.05) is 111 Å². The minimum Gasteiger partial charge on any atom is -1.00 e. The Morgan fingerprint density at radius 1 is 0.759 bits per heavy atom. The van der Waals surface area contributed by atoms with Gasteiger partial charge in [0.25, 0.3) is 0 Å². The zero-order valence-electron chi connectivity index (χ0n) is 29.6. The Hall–Kier alpha value is -4.24. The number of aliphatic hydroxyl groups excluding tert-OH is 1. The summed E-state index contributed by atoms with van der Waals surface area (Å²) in [6.45, 7) is 7.32. The van der Waals surface area contributed by atoms with Crippen LogP contribution in [-0.2, 0) is 6.54 Å². The van der Waals surface area contributed by atoms with Crippen molar-refractivity contribution in [3.8, 4) is 22.6 Å². The molecular formula is C46H41Br2ClN2O3. The number of para-hydroxylation sites is 1. The van der Waals surface area contributed by atoms with E-state index in [4.69, 9.17) is 0 Å². The second-order valence-corrected chi connectivity index (χ2v) is 16.4. The fourth-order valence-corrected chi connectivity index (χ4v) is 9.77. The maximum absolute atomic E-state index is 11.7. The minimum absolute atomic E-state index is 0. The Bertz CT molecular complexity index is 2380. The quantitative estimate of drug-likeness (QED) is 0.116. The molecule has 4 heterocycles.